The first-order chi connectivity index (χ1) is 8.27. The number of nitrogens with zero attached hydrogens (tertiary/aromatic N) is 1. The van der Waals surface area contributed by atoms with Gasteiger partial charge in [0.2, 0.25) is 5.91 Å². The standard InChI is InChI=1S/C14H20N2O/c1-11(12-6-5-9-15-10-12)14(17)16-13-7-3-2-4-8-13/h5-6,9-11,13H,2-4,7-8H2,1H3,(H,16,17). The lowest BCUT2D eigenvalue weighted by Crippen LogP contribution is -2.38. The molecule has 1 aliphatic carbocycles. The Balaban J connectivity index is 1.91. The van der Waals surface area contributed by atoms with Gasteiger partial charge in [0, 0.05) is 18.4 Å². The van der Waals surface area contributed by atoms with E-state index in [1.165, 1.54) is 19.3 Å². The molecule has 0 saturated heterocycles. The monoisotopic (exact) mass is 232 g/mol. The van der Waals surface area contributed by atoms with Gasteiger partial charge in [0.05, 0.1) is 5.92 Å². The van der Waals surface area contributed by atoms with E-state index in [9.17, 15) is 4.79 Å². The maximum absolute atomic E-state index is 12.1. The van der Waals surface area contributed by atoms with Crippen molar-refractivity contribution in [3.63, 3.8) is 0 Å². The average molecular weight is 232 g/mol. The minimum atomic E-state index is -0.106. The minimum absolute atomic E-state index is 0.106. The Bertz CT molecular complexity index is 358. The second-order valence-electron chi connectivity index (χ2n) is 4.85. The van der Waals surface area contributed by atoms with Crippen LogP contribution in [0.25, 0.3) is 0 Å². The molecular weight excluding hydrogens is 212 g/mol. The molecule has 1 amide bonds. The number of carbonyl (C=O) groups is 1. The molecule has 3 heteroatoms. The van der Waals surface area contributed by atoms with Crippen molar-refractivity contribution in [1.29, 1.82) is 0 Å². The van der Waals surface area contributed by atoms with Crippen molar-refractivity contribution in [2.45, 2.75) is 51.0 Å². The number of pyridine rings is 1. The number of aromatic nitrogens is 1. The van der Waals surface area contributed by atoms with Crippen LogP contribution in [-0.2, 0) is 4.79 Å². The first-order valence-electron chi connectivity index (χ1n) is 6.47. The van der Waals surface area contributed by atoms with Crippen LogP contribution >= 0.6 is 0 Å². The van der Waals surface area contributed by atoms with Crippen LogP contribution in [0.4, 0.5) is 0 Å². The van der Waals surface area contributed by atoms with Crippen molar-refractivity contribution < 1.29 is 4.79 Å². The summed E-state index contributed by atoms with van der Waals surface area (Å²) in [5.74, 6) is 0.0236. The molecule has 1 heterocycles. The summed E-state index contributed by atoms with van der Waals surface area (Å²) in [4.78, 5) is 16.1. The molecule has 2 rings (SSSR count). The SMILES string of the molecule is CC(C(=O)NC1CCCCC1)c1cccnc1. The van der Waals surface area contributed by atoms with E-state index >= 15 is 0 Å². The van der Waals surface area contributed by atoms with Crippen LogP contribution < -0.4 is 5.32 Å². The number of hydrogen-bond donors (Lipinski definition) is 1. The molecule has 1 aromatic heterocycles. The zero-order valence-corrected chi connectivity index (χ0v) is 10.4. The Labute approximate surface area is 103 Å². The lowest BCUT2D eigenvalue weighted by atomic mass is 9.94. The van der Waals surface area contributed by atoms with Gasteiger partial charge in [-0.1, -0.05) is 25.3 Å². The predicted molar refractivity (Wildman–Crippen MR) is 67.7 cm³/mol. The van der Waals surface area contributed by atoms with Crippen molar-refractivity contribution in [3.8, 4) is 0 Å². The maximum atomic E-state index is 12.1. The van der Waals surface area contributed by atoms with Gasteiger partial charge in [-0.05, 0) is 31.4 Å². The maximum Gasteiger partial charge on any atom is 0.227 e. The molecule has 0 radical (unpaired) electrons. The summed E-state index contributed by atoms with van der Waals surface area (Å²) in [6.45, 7) is 1.94. The van der Waals surface area contributed by atoms with Crippen molar-refractivity contribution in [2.24, 2.45) is 0 Å². The molecule has 0 aromatic carbocycles. The molecule has 3 nitrogen and oxygen atoms in total. The minimum Gasteiger partial charge on any atom is -0.353 e. The average Bonchev–Trinajstić information content (AvgIpc) is 2.40. The fraction of sp³-hybridized carbons (Fsp3) is 0.571. The fourth-order valence-electron chi connectivity index (χ4n) is 2.36. The second kappa shape index (κ2) is 5.80. The van der Waals surface area contributed by atoms with E-state index in [0.717, 1.165) is 18.4 Å². The van der Waals surface area contributed by atoms with Crippen LogP contribution in [0.1, 0.15) is 50.5 Å². The molecule has 0 spiro atoms. The molecule has 1 fully saturated rings. The summed E-state index contributed by atoms with van der Waals surface area (Å²) < 4.78 is 0. The number of nitrogens with one attached hydrogen (secondary N) is 1. The van der Waals surface area contributed by atoms with Gasteiger partial charge in [0.1, 0.15) is 0 Å². The molecular formula is C14H20N2O. The molecule has 0 bridgehead atoms. The molecule has 0 aliphatic heterocycles. The second-order valence-corrected chi connectivity index (χ2v) is 4.85. The number of hydrogen-bond acceptors (Lipinski definition) is 2. The zero-order valence-electron chi connectivity index (χ0n) is 10.4. The van der Waals surface area contributed by atoms with E-state index in [0.29, 0.717) is 6.04 Å². The number of amides is 1. The third-order valence-electron chi connectivity index (χ3n) is 3.53. The molecule has 1 saturated carbocycles. The van der Waals surface area contributed by atoms with Gasteiger partial charge in [0.25, 0.3) is 0 Å². The lowest BCUT2D eigenvalue weighted by Gasteiger charge is -2.24. The number of carbonyl (C=O) groups excluding carboxylic acids is 1. The normalized spacial score (nSPS) is 18.6. The van der Waals surface area contributed by atoms with Crippen LogP contribution in [0.5, 0.6) is 0 Å². The summed E-state index contributed by atoms with van der Waals surface area (Å²) in [5.41, 5.74) is 0.987. The topological polar surface area (TPSA) is 42.0 Å². The van der Waals surface area contributed by atoms with Gasteiger partial charge in [-0.2, -0.15) is 0 Å². The largest absolute Gasteiger partial charge is 0.353 e. The number of rotatable bonds is 3. The molecule has 1 unspecified atom stereocenters. The summed E-state index contributed by atoms with van der Waals surface area (Å²) in [5, 5.41) is 3.15. The Morgan fingerprint density at radius 2 is 2.18 bits per heavy atom. The summed E-state index contributed by atoms with van der Waals surface area (Å²) in [6.07, 6.45) is 9.56. The van der Waals surface area contributed by atoms with Gasteiger partial charge in [-0.25, -0.2) is 0 Å². The Kier molecular flexibility index (Phi) is 4.13. The Hall–Kier alpha value is -1.38. The van der Waals surface area contributed by atoms with Crippen LogP contribution in [0, 0.1) is 0 Å². The Morgan fingerprint density at radius 1 is 1.41 bits per heavy atom. The van der Waals surface area contributed by atoms with Crippen LogP contribution in [0.15, 0.2) is 24.5 Å². The highest BCUT2D eigenvalue weighted by Gasteiger charge is 2.20. The fourth-order valence-corrected chi connectivity index (χ4v) is 2.36. The third-order valence-corrected chi connectivity index (χ3v) is 3.53. The van der Waals surface area contributed by atoms with Crippen LogP contribution in [-0.4, -0.2) is 16.9 Å². The van der Waals surface area contributed by atoms with E-state index in [-0.39, 0.29) is 11.8 Å². The van der Waals surface area contributed by atoms with E-state index < -0.39 is 0 Å². The van der Waals surface area contributed by atoms with E-state index in [1.807, 2.05) is 19.1 Å². The summed E-state index contributed by atoms with van der Waals surface area (Å²) in [7, 11) is 0. The van der Waals surface area contributed by atoms with Crippen LogP contribution in [0.2, 0.25) is 0 Å². The predicted octanol–water partition coefficient (Wildman–Crippen LogP) is 2.63. The van der Waals surface area contributed by atoms with Gasteiger partial charge in [-0.15, -0.1) is 0 Å². The quantitative estimate of drug-likeness (QED) is 0.870. The molecule has 17 heavy (non-hydrogen) atoms. The van der Waals surface area contributed by atoms with Crippen molar-refractivity contribution in [1.82, 2.24) is 10.3 Å². The van der Waals surface area contributed by atoms with Gasteiger partial charge in [0.15, 0.2) is 0 Å². The first-order valence-corrected chi connectivity index (χ1v) is 6.47. The highest BCUT2D eigenvalue weighted by molar-refractivity contribution is 5.83. The highest BCUT2D eigenvalue weighted by atomic mass is 16.1. The smallest absolute Gasteiger partial charge is 0.227 e. The van der Waals surface area contributed by atoms with Crippen molar-refractivity contribution in [3.05, 3.63) is 30.1 Å². The molecule has 92 valence electrons. The lowest BCUT2D eigenvalue weighted by molar-refractivity contribution is -0.123. The molecule has 1 aromatic rings. The third kappa shape index (κ3) is 3.29. The van der Waals surface area contributed by atoms with Gasteiger partial charge in [-0.3, -0.25) is 9.78 Å². The zero-order chi connectivity index (χ0) is 12.1. The first kappa shape index (κ1) is 12.1. The summed E-state index contributed by atoms with van der Waals surface area (Å²) in [6, 6.07) is 4.22. The van der Waals surface area contributed by atoms with Crippen molar-refractivity contribution in [2.75, 3.05) is 0 Å². The van der Waals surface area contributed by atoms with Crippen molar-refractivity contribution >= 4 is 5.91 Å². The highest BCUT2D eigenvalue weighted by Crippen LogP contribution is 2.19. The van der Waals surface area contributed by atoms with E-state index in [2.05, 4.69) is 10.3 Å². The van der Waals surface area contributed by atoms with E-state index in [4.69, 9.17) is 0 Å². The van der Waals surface area contributed by atoms with Gasteiger partial charge >= 0.3 is 0 Å². The van der Waals surface area contributed by atoms with Crippen LogP contribution in [0.3, 0.4) is 0 Å². The Morgan fingerprint density at radius 3 is 2.82 bits per heavy atom. The molecule has 1 atom stereocenters. The summed E-state index contributed by atoms with van der Waals surface area (Å²) >= 11 is 0. The van der Waals surface area contributed by atoms with E-state index in [1.54, 1.807) is 12.4 Å². The molecule has 1 aliphatic rings. The molecule has 1 N–H and O–H groups in total. The van der Waals surface area contributed by atoms with Gasteiger partial charge < -0.3 is 5.32 Å².